The van der Waals surface area contributed by atoms with Gasteiger partial charge in [-0.2, -0.15) is 0 Å². The van der Waals surface area contributed by atoms with Gasteiger partial charge in [0.2, 0.25) is 0 Å². The molecule has 1 heteroatoms. The van der Waals surface area contributed by atoms with Crippen LogP contribution in [0.15, 0.2) is 0 Å². The summed E-state index contributed by atoms with van der Waals surface area (Å²) in [5, 5.41) is 0. The Bertz CT molecular complexity index is 354. The van der Waals surface area contributed by atoms with Crippen molar-refractivity contribution in [2.75, 3.05) is 6.61 Å². The van der Waals surface area contributed by atoms with Gasteiger partial charge in [-0.25, -0.2) is 0 Å². The molecule has 0 saturated heterocycles. The molecule has 152 valence electrons. The fourth-order valence-corrected chi connectivity index (χ4v) is 6.13. The fourth-order valence-electron chi connectivity index (χ4n) is 6.13. The zero-order chi connectivity index (χ0) is 18.2. The van der Waals surface area contributed by atoms with E-state index in [9.17, 15) is 0 Å². The minimum atomic E-state index is 0.590. The van der Waals surface area contributed by atoms with Gasteiger partial charge in [-0.15, -0.1) is 0 Å². The van der Waals surface area contributed by atoms with Crippen molar-refractivity contribution in [2.45, 2.75) is 123 Å². The molecule has 3 saturated carbocycles. The topological polar surface area (TPSA) is 9.23 Å². The van der Waals surface area contributed by atoms with E-state index in [4.69, 9.17) is 4.74 Å². The fraction of sp³-hybridized carbons (Fsp3) is 1.00. The maximum atomic E-state index is 6.31. The van der Waals surface area contributed by atoms with Crippen LogP contribution in [0.5, 0.6) is 0 Å². The van der Waals surface area contributed by atoms with Crippen LogP contribution >= 0.6 is 0 Å². The van der Waals surface area contributed by atoms with Crippen LogP contribution in [0.25, 0.3) is 0 Å². The lowest BCUT2D eigenvalue weighted by atomic mass is 9.69. The summed E-state index contributed by atoms with van der Waals surface area (Å²) in [6.45, 7) is 5.79. The van der Waals surface area contributed by atoms with Crippen molar-refractivity contribution in [1.29, 1.82) is 0 Å². The molecule has 3 rings (SSSR count). The molecule has 3 aliphatic carbocycles. The second-order valence-electron chi connectivity index (χ2n) is 10.3. The van der Waals surface area contributed by atoms with E-state index in [1.807, 2.05) is 0 Å². The summed E-state index contributed by atoms with van der Waals surface area (Å²) in [5.74, 6) is 5.00. The Morgan fingerprint density at radius 1 is 0.654 bits per heavy atom. The van der Waals surface area contributed by atoms with Crippen molar-refractivity contribution in [3.05, 3.63) is 0 Å². The van der Waals surface area contributed by atoms with Crippen LogP contribution in [0.3, 0.4) is 0 Å². The first kappa shape index (κ1) is 20.7. The largest absolute Gasteiger partial charge is 0.378 e. The van der Waals surface area contributed by atoms with Crippen LogP contribution in [-0.2, 0) is 4.74 Å². The highest BCUT2D eigenvalue weighted by Gasteiger charge is 2.31. The molecule has 0 heterocycles. The van der Waals surface area contributed by atoms with Crippen LogP contribution < -0.4 is 0 Å². The molecular formula is C25H46O. The first-order valence-corrected chi connectivity index (χ1v) is 12.4. The predicted molar refractivity (Wildman–Crippen MR) is 112 cm³/mol. The number of ether oxygens (including phenoxy) is 1. The second-order valence-corrected chi connectivity index (χ2v) is 10.3. The van der Waals surface area contributed by atoms with Gasteiger partial charge in [-0.3, -0.25) is 0 Å². The lowest BCUT2D eigenvalue weighted by molar-refractivity contribution is -0.0111. The smallest absolute Gasteiger partial charge is 0.0575 e. The molecule has 0 spiro atoms. The summed E-state index contributed by atoms with van der Waals surface area (Å²) >= 11 is 0. The third kappa shape index (κ3) is 6.54. The maximum absolute atomic E-state index is 6.31. The van der Waals surface area contributed by atoms with Gasteiger partial charge >= 0.3 is 0 Å². The lowest BCUT2D eigenvalue weighted by Crippen LogP contribution is -2.28. The third-order valence-electron chi connectivity index (χ3n) is 8.20. The molecule has 0 aromatic heterocycles. The molecule has 0 atom stereocenters. The van der Waals surface area contributed by atoms with Crippen molar-refractivity contribution >= 4 is 0 Å². The summed E-state index contributed by atoms with van der Waals surface area (Å²) in [7, 11) is 0. The van der Waals surface area contributed by atoms with Gasteiger partial charge in [0.15, 0.2) is 0 Å². The molecular weight excluding hydrogens is 316 g/mol. The molecule has 0 amide bonds. The first-order valence-electron chi connectivity index (χ1n) is 12.4. The van der Waals surface area contributed by atoms with E-state index in [1.54, 1.807) is 12.8 Å². The van der Waals surface area contributed by atoms with Crippen molar-refractivity contribution in [1.82, 2.24) is 0 Å². The van der Waals surface area contributed by atoms with Gasteiger partial charge in [0.1, 0.15) is 0 Å². The average Bonchev–Trinajstić information content (AvgIpc) is 2.69. The van der Waals surface area contributed by atoms with Gasteiger partial charge in [-0.05, 0) is 93.8 Å². The second kappa shape index (κ2) is 11.1. The Morgan fingerprint density at radius 2 is 1.23 bits per heavy atom. The highest BCUT2D eigenvalue weighted by molar-refractivity contribution is 4.82. The van der Waals surface area contributed by atoms with Crippen molar-refractivity contribution in [3.8, 4) is 0 Å². The summed E-state index contributed by atoms with van der Waals surface area (Å²) in [6, 6.07) is 0. The van der Waals surface area contributed by atoms with E-state index in [0.717, 1.165) is 36.2 Å². The summed E-state index contributed by atoms with van der Waals surface area (Å²) in [5.41, 5.74) is 0. The number of hydrogen-bond donors (Lipinski definition) is 0. The summed E-state index contributed by atoms with van der Waals surface area (Å²) in [4.78, 5) is 0. The van der Waals surface area contributed by atoms with E-state index in [0.29, 0.717) is 6.10 Å². The molecule has 26 heavy (non-hydrogen) atoms. The zero-order valence-electron chi connectivity index (χ0n) is 17.9. The Labute approximate surface area is 164 Å². The van der Waals surface area contributed by atoms with Crippen LogP contribution in [0.1, 0.15) is 117 Å². The number of hydrogen-bond acceptors (Lipinski definition) is 1. The van der Waals surface area contributed by atoms with Crippen molar-refractivity contribution in [3.63, 3.8) is 0 Å². The SMILES string of the molecule is CCCCCC1CCC(C2CCC(COC3CCC(C)CC3)CC2)CC1. The van der Waals surface area contributed by atoms with Crippen LogP contribution in [0.2, 0.25) is 0 Å². The van der Waals surface area contributed by atoms with Crippen LogP contribution in [0.4, 0.5) is 0 Å². The van der Waals surface area contributed by atoms with Crippen molar-refractivity contribution < 1.29 is 4.74 Å². The maximum Gasteiger partial charge on any atom is 0.0575 e. The third-order valence-corrected chi connectivity index (χ3v) is 8.20. The zero-order valence-corrected chi connectivity index (χ0v) is 17.9. The lowest BCUT2D eigenvalue weighted by Gasteiger charge is -2.38. The monoisotopic (exact) mass is 362 g/mol. The molecule has 1 nitrogen and oxygen atoms in total. The molecule has 0 unspecified atom stereocenters. The van der Waals surface area contributed by atoms with E-state index in [-0.39, 0.29) is 0 Å². The Hall–Kier alpha value is -0.0400. The normalized spacial score (nSPS) is 39.0. The molecule has 0 radical (unpaired) electrons. The quantitative estimate of drug-likeness (QED) is 0.401. The van der Waals surface area contributed by atoms with Gasteiger partial charge in [-0.1, -0.05) is 52.4 Å². The van der Waals surface area contributed by atoms with Gasteiger partial charge in [0, 0.05) is 6.61 Å². The summed E-state index contributed by atoms with van der Waals surface area (Å²) in [6.07, 6.45) is 23.9. The van der Waals surface area contributed by atoms with E-state index < -0.39 is 0 Å². The number of rotatable bonds is 8. The van der Waals surface area contributed by atoms with E-state index >= 15 is 0 Å². The Kier molecular flexibility index (Phi) is 8.82. The Balaban J connectivity index is 1.27. The molecule has 3 fully saturated rings. The Morgan fingerprint density at radius 3 is 1.81 bits per heavy atom. The summed E-state index contributed by atoms with van der Waals surface area (Å²) < 4.78 is 6.31. The standard InChI is InChI=1S/C25H46O/c1-3-4-5-6-21-9-13-23(14-10-21)24-15-11-22(12-16-24)19-26-25-17-7-20(2)8-18-25/h20-25H,3-19H2,1-2H3. The predicted octanol–water partition coefficient (Wildman–Crippen LogP) is 7.77. The van der Waals surface area contributed by atoms with Gasteiger partial charge in [0.05, 0.1) is 6.10 Å². The highest BCUT2D eigenvalue weighted by atomic mass is 16.5. The molecule has 0 N–H and O–H groups in total. The minimum absolute atomic E-state index is 0.590. The molecule has 0 bridgehead atoms. The number of unbranched alkanes of at least 4 members (excludes halogenated alkanes) is 2. The molecule has 0 aromatic carbocycles. The highest BCUT2D eigenvalue weighted by Crippen LogP contribution is 2.42. The van der Waals surface area contributed by atoms with Crippen LogP contribution in [0, 0.1) is 29.6 Å². The van der Waals surface area contributed by atoms with E-state index in [1.165, 1.54) is 89.9 Å². The van der Waals surface area contributed by atoms with E-state index in [2.05, 4.69) is 13.8 Å². The van der Waals surface area contributed by atoms with Gasteiger partial charge in [0.25, 0.3) is 0 Å². The minimum Gasteiger partial charge on any atom is -0.378 e. The van der Waals surface area contributed by atoms with Crippen LogP contribution in [-0.4, -0.2) is 12.7 Å². The molecule has 0 aromatic rings. The first-order chi connectivity index (χ1) is 12.7. The molecule has 0 aliphatic heterocycles. The average molecular weight is 363 g/mol. The molecule has 3 aliphatic rings. The van der Waals surface area contributed by atoms with Crippen molar-refractivity contribution in [2.24, 2.45) is 29.6 Å². The van der Waals surface area contributed by atoms with Gasteiger partial charge < -0.3 is 4.74 Å².